The predicted molar refractivity (Wildman–Crippen MR) is 73.8 cm³/mol. The quantitative estimate of drug-likeness (QED) is 0.569. The summed E-state index contributed by atoms with van der Waals surface area (Å²) in [6, 6.07) is 1.40. The van der Waals surface area contributed by atoms with Crippen LogP contribution in [0.4, 0.5) is 0 Å². The Hall–Kier alpha value is 0.310. The first kappa shape index (κ1) is 15.3. The fraction of sp³-hybridized carbons (Fsp3) is 1.00. The normalized spacial score (nSPS) is 15.2. The third kappa shape index (κ3) is 9.25. The minimum Gasteiger partial charge on any atom is -0.311 e. The van der Waals surface area contributed by atoms with Crippen LogP contribution in [0.5, 0.6) is 0 Å². The molecule has 15 heavy (non-hydrogen) atoms. The second-order valence-electron chi connectivity index (χ2n) is 4.48. The molecule has 0 aliphatic carbocycles. The van der Waals surface area contributed by atoms with Crippen LogP contribution in [0.15, 0.2) is 0 Å². The molecule has 2 atom stereocenters. The van der Waals surface area contributed by atoms with Crippen molar-refractivity contribution in [3.8, 4) is 0 Å². The molecule has 2 heteroatoms. The van der Waals surface area contributed by atoms with E-state index in [2.05, 4.69) is 32.3 Å². The van der Waals surface area contributed by atoms with Gasteiger partial charge in [0.05, 0.1) is 0 Å². The smallest absolute Gasteiger partial charge is 0.0157 e. The maximum atomic E-state index is 3.72. The maximum Gasteiger partial charge on any atom is 0.0157 e. The molecule has 1 nitrogen and oxygen atoms in total. The summed E-state index contributed by atoms with van der Waals surface area (Å²) in [4.78, 5) is 0. The summed E-state index contributed by atoms with van der Waals surface area (Å²) in [5.74, 6) is 1.25. The van der Waals surface area contributed by atoms with Crippen molar-refractivity contribution in [1.82, 2.24) is 5.32 Å². The van der Waals surface area contributed by atoms with Gasteiger partial charge >= 0.3 is 0 Å². The molecule has 0 aromatic heterocycles. The van der Waals surface area contributed by atoms with Gasteiger partial charge in [-0.25, -0.2) is 0 Å². The third-order valence-corrected chi connectivity index (χ3v) is 3.61. The molecule has 0 aliphatic heterocycles. The fourth-order valence-corrected chi connectivity index (χ4v) is 2.58. The fourth-order valence-electron chi connectivity index (χ4n) is 1.85. The van der Waals surface area contributed by atoms with Crippen molar-refractivity contribution >= 4 is 11.8 Å². The van der Waals surface area contributed by atoms with Gasteiger partial charge in [0.1, 0.15) is 0 Å². The minimum atomic E-state index is 0.693. The van der Waals surface area contributed by atoms with Crippen LogP contribution in [0.3, 0.4) is 0 Å². The number of nitrogens with one attached hydrogen (secondary N) is 1. The molecule has 0 aromatic rings. The highest BCUT2D eigenvalue weighted by atomic mass is 32.2. The molecular weight excluding hydrogens is 202 g/mol. The molecule has 0 aromatic carbocycles. The molecule has 0 fully saturated rings. The van der Waals surface area contributed by atoms with Gasteiger partial charge in [-0.3, -0.25) is 0 Å². The van der Waals surface area contributed by atoms with Crippen molar-refractivity contribution < 1.29 is 0 Å². The van der Waals surface area contributed by atoms with E-state index in [0.717, 1.165) is 0 Å². The van der Waals surface area contributed by atoms with Crippen LogP contribution in [0.2, 0.25) is 0 Å². The first-order chi connectivity index (χ1) is 7.24. The average Bonchev–Trinajstić information content (AvgIpc) is 2.24. The topological polar surface area (TPSA) is 12.0 Å². The molecule has 0 heterocycles. The molecule has 0 bridgehead atoms. The van der Waals surface area contributed by atoms with E-state index < -0.39 is 0 Å². The molecule has 0 radical (unpaired) electrons. The Morgan fingerprint density at radius 3 is 2.40 bits per heavy atom. The monoisotopic (exact) mass is 231 g/mol. The Balaban J connectivity index is 3.47. The predicted octanol–water partition coefficient (Wildman–Crippen LogP) is 4.08. The highest BCUT2D eigenvalue weighted by Gasteiger charge is 2.08. The molecule has 0 saturated carbocycles. The molecule has 1 N–H and O–H groups in total. The van der Waals surface area contributed by atoms with Crippen molar-refractivity contribution in [2.24, 2.45) is 0 Å². The Labute approximate surface area is 101 Å². The van der Waals surface area contributed by atoms with E-state index in [4.69, 9.17) is 0 Å². The standard InChI is InChI=1S/C13H29NS/c1-5-7-8-9-10-12(3)14-13(6-2)11-15-4/h12-14H,5-11H2,1-4H3. The summed E-state index contributed by atoms with van der Waals surface area (Å²) in [5, 5.41) is 3.72. The van der Waals surface area contributed by atoms with Crippen molar-refractivity contribution in [3.63, 3.8) is 0 Å². The largest absolute Gasteiger partial charge is 0.311 e. The zero-order valence-electron chi connectivity index (χ0n) is 11.0. The third-order valence-electron chi connectivity index (χ3n) is 2.87. The second-order valence-corrected chi connectivity index (χ2v) is 5.39. The molecule has 0 rings (SSSR count). The number of hydrogen-bond acceptors (Lipinski definition) is 2. The summed E-state index contributed by atoms with van der Waals surface area (Å²) in [5.41, 5.74) is 0. The van der Waals surface area contributed by atoms with E-state index in [1.807, 2.05) is 11.8 Å². The molecule has 0 spiro atoms. The van der Waals surface area contributed by atoms with Crippen LogP contribution >= 0.6 is 11.8 Å². The van der Waals surface area contributed by atoms with Crippen LogP contribution in [0, 0.1) is 0 Å². The van der Waals surface area contributed by atoms with Gasteiger partial charge in [0, 0.05) is 17.8 Å². The Kier molecular flexibility index (Phi) is 11.0. The van der Waals surface area contributed by atoms with Crippen LogP contribution in [0.25, 0.3) is 0 Å². The number of thioether (sulfide) groups is 1. The van der Waals surface area contributed by atoms with E-state index in [1.54, 1.807) is 0 Å². The van der Waals surface area contributed by atoms with Gasteiger partial charge in [0.2, 0.25) is 0 Å². The highest BCUT2D eigenvalue weighted by molar-refractivity contribution is 7.98. The first-order valence-electron chi connectivity index (χ1n) is 6.49. The number of unbranched alkanes of at least 4 members (excludes halogenated alkanes) is 3. The van der Waals surface area contributed by atoms with E-state index in [0.29, 0.717) is 12.1 Å². The lowest BCUT2D eigenvalue weighted by atomic mass is 10.1. The summed E-state index contributed by atoms with van der Waals surface area (Å²) in [6.07, 6.45) is 10.3. The maximum absolute atomic E-state index is 3.72. The van der Waals surface area contributed by atoms with E-state index in [1.165, 1.54) is 44.3 Å². The summed E-state index contributed by atoms with van der Waals surface area (Å²) in [7, 11) is 0. The second kappa shape index (κ2) is 10.8. The summed E-state index contributed by atoms with van der Waals surface area (Å²) in [6.45, 7) is 6.87. The number of hydrogen-bond donors (Lipinski definition) is 1. The van der Waals surface area contributed by atoms with Crippen molar-refractivity contribution in [2.45, 2.75) is 71.4 Å². The zero-order valence-corrected chi connectivity index (χ0v) is 11.8. The lowest BCUT2D eigenvalue weighted by Crippen LogP contribution is -2.37. The van der Waals surface area contributed by atoms with Gasteiger partial charge in [-0.2, -0.15) is 11.8 Å². The van der Waals surface area contributed by atoms with Crippen molar-refractivity contribution in [2.75, 3.05) is 12.0 Å². The van der Waals surface area contributed by atoms with Gasteiger partial charge in [-0.15, -0.1) is 0 Å². The lowest BCUT2D eigenvalue weighted by Gasteiger charge is -2.21. The summed E-state index contributed by atoms with van der Waals surface area (Å²) < 4.78 is 0. The SMILES string of the molecule is CCCCCCC(C)NC(CC)CSC. The van der Waals surface area contributed by atoms with E-state index in [9.17, 15) is 0 Å². The Morgan fingerprint density at radius 2 is 1.87 bits per heavy atom. The van der Waals surface area contributed by atoms with Crippen LogP contribution < -0.4 is 5.32 Å². The van der Waals surface area contributed by atoms with Gasteiger partial charge in [-0.1, -0.05) is 39.5 Å². The highest BCUT2D eigenvalue weighted by Crippen LogP contribution is 2.08. The zero-order chi connectivity index (χ0) is 11.5. The van der Waals surface area contributed by atoms with Gasteiger partial charge < -0.3 is 5.32 Å². The first-order valence-corrected chi connectivity index (χ1v) is 7.88. The minimum absolute atomic E-state index is 0.693. The summed E-state index contributed by atoms with van der Waals surface area (Å²) >= 11 is 1.95. The molecule has 0 amide bonds. The van der Waals surface area contributed by atoms with Gasteiger partial charge in [0.15, 0.2) is 0 Å². The van der Waals surface area contributed by atoms with E-state index >= 15 is 0 Å². The lowest BCUT2D eigenvalue weighted by molar-refractivity contribution is 0.427. The molecule has 92 valence electrons. The van der Waals surface area contributed by atoms with Crippen molar-refractivity contribution in [1.29, 1.82) is 0 Å². The number of rotatable bonds is 10. The average molecular weight is 231 g/mol. The van der Waals surface area contributed by atoms with Crippen LogP contribution in [-0.2, 0) is 0 Å². The molecule has 0 saturated heterocycles. The van der Waals surface area contributed by atoms with Crippen LogP contribution in [0.1, 0.15) is 59.3 Å². The van der Waals surface area contributed by atoms with Crippen LogP contribution in [-0.4, -0.2) is 24.1 Å². The van der Waals surface area contributed by atoms with Gasteiger partial charge in [0.25, 0.3) is 0 Å². The molecular formula is C13H29NS. The molecule has 0 aliphatic rings. The van der Waals surface area contributed by atoms with Gasteiger partial charge in [-0.05, 0) is 26.0 Å². The Bertz CT molecular complexity index is 128. The Morgan fingerprint density at radius 1 is 1.13 bits per heavy atom. The van der Waals surface area contributed by atoms with Crippen molar-refractivity contribution in [3.05, 3.63) is 0 Å². The van der Waals surface area contributed by atoms with E-state index in [-0.39, 0.29) is 0 Å². The molecule has 2 unspecified atom stereocenters.